The summed E-state index contributed by atoms with van der Waals surface area (Å²) in [6.07, 6.45) is 13.5. The smallest absolute Gasteiger partial charge is 0.181 e. The number of hydrogen-bond donors (Lipinski definition) is 3. The van der Waals surface area contributed by atoms with Crippen molar-refractivity contribution in [2.75, 3.05) is 0 Å². The fourth-order valence-electron chi connectivity index (χ4n) is 4.25. The molecule has 3 N–H and O–H groups in total. The first-order valence-corrected chi connectivity index (χ1v) is 10.6. The van der Waals surface area contributed by atoms with E-state index >= 15 is 0 Å². The zero-order valence-electron chi connectivity index (χ0n) is 18.1. The van der Waals surface area contributed by atoms with Crippen molar-refractivity contribution in [2.24, 2.45) is 0 Å². The first kappa shape index (κ1) is 19.8. The van der Waals surface area contributed by atoms with Gasteiger partial charge in [-0.05, 0) is 43.2 Å². The Labute approximate surface area is 186 Å². The molecule has 6 nitrogen and oxygen atoms in total. The molecule has 0 unspecified atom stereocenters. The van der Waals surface area contributed by atoms with Crippen LogP contribution in [0.1, 0.15) is 36.2 Å². The van der Waals surface area contributed by atoms with Gasteiger partial charge in [-0.15, -0.1) is 0 Å². The van der Waals surface area contributed by atoms with Crippen LogP contribution in [0.25, 0.3) is 33.6 Å². The molecule has 1 aliphatic rings. The zero-order valence-corrected chi connectivity index (χ0v) is 18.1. The van der Waals surface area contributed by atoms with Gasteiger partial charge in [0.2, 0.25) is 0 Å². The number of rotatable bonds is 5. The van der Waals surface area contributed by atoms with Crippen molar-refractivity contribution in [1.29, 1.82) is 0 Å². The second-order valence-electron chi connectivity index (χ2n) is 7.74. The maximum atomic E-state index is 4.60. The maximum absolute atomic E-state index is 4.60. The summed E-state index contributed by atoms with van der Waals surface area (Å²) in [6, 6.07) is 8.35. The number of pyridine rings is 2. The second kappa shape index (κ2) is 8.15. The lowest BCUT2D eigenvalue weighted by Gasteiger charge is -2.15. The van der Waals surface area contributed by atoms with Crippen LogP contribution >= 0.6 is 0 Å². The van der Waals surface area contributed by atoms with Crippen molar-refractivity contribution < 1.29 is 0 Å². The van der Waals surface area contributed by atoms with Crippen molar-refractivity contribution >= 4 is 22.2 Å². The Morgan fingerprint density at radius 2 is 2.12 bits per heavy atom. The number of hydrogen-bond acceptors (Lipinski definition) is 4. The summed E-state index contributed by atoms with van der Waals surface area (Å²) in [5, 5.41) is 12.0. The van der Waals surface area contributed by atoms with Gasteiger partial charge in [0.05, 0.1) is 17.9 Å². The van der Waals surface area contributed by atoms with Crippen LogP contribution in [0.15, 0.2) is 79.4 Å². The van der Waals surface area contributed by atoms with E-state index in [1.165, 1.54) is 0 Å². The minimum Gasteiger partial charge on any atom is -0.385 e. The van der Waals surface area contributed by atoms with Crippen molar-refractivity contribution in [3.63, 3.8) is 0 Å². The van der Waals surface area contributed by atoms with Crippen LogP contribution in [0, 0.1) is 0 Å². The van der Waals surface area contributed by atoms with Gasteiger partial charge in [0.25, 0.3) is 0 Å². The van der Waals surface area contributed by atoms with E-state index in [1.807, 2.05) is 31.5 Å². The summed E-state index contributed by atoms with van der Waals surface area (Å²) in [5.41, 5.74) is 10.4. The van der Waals surface area contributed by atoms with E-state index in [-0.39, 0.29) is 0 Å². The number of nitrogens with one attached hydrogen (secondary N) is 3. The Morgan fingerprint density at radius 3 is 2.91 bits per heavy atom. The molecule has 6 heteroatoms. The highest BCUT2D eigenvalue weighted by atomic mass is 15.2. The molecule has 32 heavy (non-hydrogen) atoms. The zero-order chi connectivity index (χ0) is 22.1. The Hall–Kier alpha value is -4.19. The Morgan fingerprint density at radius 1 is 1.22 bits per heavy atom. The Balaban J connectivity index is 1.60. The van der Waals surface area contributed by atoms with Gasteiger partial charge in [-0.2, -0.15) is 5.10 Å². The monoisotopic (exact) mass is 420 g/mol. The van der Waals surface area contributed by atoms with Gasteiger partial charge >= 0.3 is 0 Å². The molecule has 158 valence electrons. The highest BCUT2D eigenvalue weighted by molar-refractivity contribution is 5.94. The van der Waals surface area contributed by atoms with Crippen molar-refractivity contribution in [3.05, 3.63) is 102 Å². The molecule has 0 saturated carbocycles. The molecular formula is C26H24N6. The largest absolute Gasteiger partial charge is 0.385 e. The molecule has 5 heterocycles. The molecule has 0 saturated heterocycles. The van der Waals surface area contributed by atoms with Gasteiger partial charge in [-0.25, -0.2) is 4.98 Å². The predicted molar refractivity (Wildman–Crippen MR) is 129 cm³/mol. The molecule has 0 fully saturated rings. The summed E-state index contributed by atoms with van der Waals surface area (Å²) in [7, 11) is 0. The first-order valence-electron chi connectivity index (χ1n) is 10.6. The number of H-pyrrole nitrogens is 2. The lowest BCUT2D eigenvalue weighted by Crippen LogP contribution is -2.13. The highest BCUT2D eigenvalue weighted by Gasteiger charge is 2.20. The predicted octanol–water partition coefficient (Wildman–Crippen LogP) is 5.38. The van der Waals surface area contributed by atoms with E-state index in [0.717, 1.165) is 62.4 Å². The summed E-state index contributed by atoms with van der Waals surface area (Å²) in [5.74, 6) is 0. The van der Waals surface area contributed by atoms with Crippen LogP contribution < -0.4 is 5.32 Å². The van der Waals surface area contributed by atoms with E-state index in [4.69, 9.17) is 0 Å². The lowest BCUT2D eigenvalue weighted by atomic mass is 9.97. The van der Waals surface area contributed by atoms with E-state index in [2.05, 4.69) is 74.4 Å². The quantitative estimate of drug-likeness (QED) is 0.379. The van der Waals surface area contributed by atoms with Gasteiger partial charge in [-0.3, -0.25) is 10.1 Å². The first-order chi connectivity index (χ1) is 15.7. The van der Waals surface area contributed by atoms with Gasteiger partial charge in [-0.1, -0.05) is 30.9 Å². The fourth-order valence-corrected chi connectivity index (χ4v) is 4.25. The van der Waals surface area contributed by atoms with Gasteiger partial charge < -0.3 is 10.3 Å². The summed E-state index contributed by atoms with van der Waals surface area (Å²) < 4.78 is 0. The van der Waals surface area contributed by atoms with Crippen LogP contribution in [-0.4, -0.2) is 25.1 Å². The number of aromatic nitrogens is 5. The Kier molecular flexibility index (Phi) is 5.03. The summed E-state index contributed by atoms with van der Waals surface area (Å²) in [4.78, 5) is 12.4. The topological polar surface area (TPSA) is 82.3 Å². The van der Waals surface area contributed by atoms with Gasteiger partial charge in [0, 0.05) is 58.1 Å². The molecule has 1 aliphatic heterocycles. The molecule has 0 atom stereocenters. The molecule has 4 aromatic heterocycles. The maximum Gasteiger partial charge on any atom is 0.181 e. The molecule has 4 aromatic rings. The fraction of sp³-hybridized carbons (Fsp3) is 0.115. The average molecular weight is 421 g/mol. The number of fused-ring (bicyclic) bond motifs is 2. The average Bonchev–Trinajstić information content (AvgIpc) is 3.44. The molecular weight excluding hydrogens is 396 g/mol. The molecule has 0 aromatic carbocycles. The molecule has 0 bridgehead atoms. The van der Waals surface area contributed by atoms with Crippen molar-refractivity contribution in [3.8, 4) is 11.4 Å². The third-order valence-corrected chi connectivity index (χ3v) is 5.76. The van der Waals surface area contributed by atoms with Crippen LogP contribution in [0.5, 0.6) is 0 Å². The van der Waals surface area contributed by atoms with Crippen LogP contribution in [0.2, 0.25) is 0 Å². The van der Waals surface area contributed by atoms with Crippen LogP contribution in [-0.2, 0) is 6.54 Å². The highest BCUT2D eigenvalue weighted by Crippen LogP contribution is 2.34. The molecule has 0 radical (unpaired) electrons. The van der Waals surface area contributed by atoms with E-state index < -0.39 is 0 Å². The third kappa shape index (κ3) is 3.36. The summed E-state index contributed by atoms with van der Waals surface area (Å²) >= 11 is 0. The van der Waals surface area contributed by atoms with Crippen molar-refractivity contribution in [1.82, 2.24) is 30.5 Å². The van der Waals surface area contributed by atoms with Gasteiger partial charge in [0.15, 0.2) is 5.65 Å². The van der Waals surface area contributed by atoms with Crippen LogP contribution in [0.3, 0.4) is 0 Å². The summed E-state index contributed by atoms with van der Waals surface area (Å²) in [6.45, 7) is 8.67. The molecule has 0 amide bonds. The number of aromatic amines is 2. The number of allylic oxidation sites excluding steroid dienone is 5. The second-order valence-corrected chi connectivity index (χ2v) is 7.74. The third-order valence-electron chi connectivity index (χ3n) is 5.76. The van der Waals surface area contributed by atoms with Gasteiger partial charge in [0.1, 0.15) is 0 Å². The SMILES string of the molecule is C=C/C=C(C)\C(=C/C)c1cnc2n[nH]c(-c3cc4c([nH]3)CNC=C4c3cccnc3)c2c1. The lowest BCUT2D eigenvalue weighted by molar-refractivity contribution is 0.829. The van der Waals surface area contributed by atoms with E-state index in [1.54, 1.807) is 12.3 Å². The molecule has 5 rings (SSSR count). The Bertz CT molecular complexity index is 1400. The van der Waals surface area contributed by atoms with Crippen molar-refractivity contribution in [2.45, 2.75) is 20.4 Å². The van der Waals surface area contributed by atoms with E-state index in [0.29, 0.717) is 5.65 Å². The molecule has 0 spiro atoms. The molecule has 0 aliphatic carbocycles. The minimum atomic E-state index is 0.693. The number of nitrogens with zero attached hydrogens (tertiary/aromatic N) is 3. The van der Waals surface area contributed by atoms with E-state index in [9.17, 15) is 0 Å². The standard InChI is InChI=1S/C26H24N6/c1-4-7-16(3)19(5-2)18-10-21-25(31-32-26(21)29-13-18)23-11-20-22(14-28-15-24(20)30-23)17-8-6-9-27-12-17/h4-14,28,30H,1,15H2,2-3H3,(H,29,31,32)/b16-7-,19-5+. The normalized spacial score (nSPS) is 14.1. The van der Waals surface area contributed by atoms with Crippen LogP contribution in [0.4, 0.5) is 0 Å². The minimum absolute atomic E-state index is 0.693.